The third kappa shape index (κ3) is 22.4. The van der Waals surface area contributed by atoms with Gasteiger partial charge >= 0.3 is 41.8 Å². The van der Waals surface area contributed by atoms with Crippen LogP contribution in [0.25, 0.3) is 65.7 Å². The van der Waals surface area contributed by atoms with Gasteiger partial charge in [0.15, 0.2) is 59.6 Å². The van der Waals surface area contributed by atoms with E-state index in [1.165, 1.54) is 89.6 Å². The molecule has 4 aliphatic heterocycles. The van der Waals surface area contributed by atoms with Crippen molar-refractivity contribution >= 4 is 223 Å². The number of carbonyl (C=O) groups is 7. The molecule has 0 bridgehead atoms. The molecule has 16 rings (SSSR count). The lowest BCUT2D eigenvalue weighted by atomic mass is 10.1. The molecule has 16 atom stereocenters. The van der Waals surface area contributed by atoms with E-state index in [0.29, 0.717) is 57.0 Å². The molecule has 0 aliphatic carbocycles. The second-order valence-corrected chi connectivity index (χ2v) is 31.5. The first kappa shape index (κ1) is 93.3. The third-order valence-electron chi connectivity index (χ3n) is 18.1. The summed E-state index contributed by atoms with van der Waals surface area (Å²) in [6.07, 6.45) is -11.8. The van der Waals surface area contributed by atoms with Gasteiger partial charge in [0.1, 0.15) is 127 Å². The van der Waals surface area contributed by atoms with E-state index in [-0.39, 0.29) is 30.7 Å². The molecule has 8 aromatic heterocycles. The topological polar surface area (TPSA) is 632 Å². The van der Waals surface area contributed by atoms with Gasteiger partial charge in [0, 0.05) is 58.3 Å². The fourth-order valence-electron chi connectivity index (χ4n) is 12.8. The first-order chi connectivity index (χ1) is 58.6. The summed E-state index contributed by atoms with van der Waals surface area (Å²) in [6, 6.07) is 28.5. The number of aliphatic hydroxyl groups excluding tert-OH is 6. The number of nitrogens with zero attached hydrogens (tertiary/aromatic N) is 15. The summed E-state index contributed by atoms with van der Waals surface area (Å²) in [5.74, 6) is -3.11. The zero-order valence-corrected chi connectivity index (χ0v) is 73.7. The van der Waals surface area contributed by atoms with Crippen molar-refractivity contribution in [1.29, 1.82) is 0 Å². The van der Waals surface area contributed by atoms with Gasteiger partial charge in [0.05, 0.1) is 34.8 Å². The Morgan fingerprint density at radius 1 is 0.447 bits per heavy atom. The summed E-state index contributed by atoms with van der Waals surface area (Å²) in [7, 11) is 0. The highest BCUT2D eigenvalue weighted by Crippen LogP contribution is 2.42. The number of H-pyrrole nitrogens is 1. The Balaban J connectivity index is 0.000000149. The van der Waals surface area contributed by atoms with Crippen LogP contribution >= 0.6 is 92.2 Å². The van der Waals surface area contributed by atoms with Crippen LogP contribution in [0.3, 0.4) is 0 Å². The average Bonchev–Trinajstić information content (AvgIpc) is 1.60. The molecule has 12 heterocycles. The van der Waals surface area contributed by atoms with E-state index in [9.17, 15) is 59.1 Å². The lowest BCUT2D eigenvalue weighted by Gasteiger charge is -2.23. The van der Waals surface area contributed by atoms with Gasteiger partial charge in [-0.05, 0) is 114 Å². The molecule has 123 heavy (non-hydrogen) atoms. The minimum Gasteiger partial charge on any atom is -0.463 e. The lowest BCUT2D eigenvalue weighted by Crippen LogP contribution is -2.42. The molecule has 44 nitrogen and oxygen atoms in total. The van der Waals surface area contributed by atoms with Gasteiger partial charge in [-0.25, -0.2) is 53.9 Å². The number of hydrogen-bond acceptors (Lipinski definition) is 42. The van der Waals surface area contributed by atoms with E-state index >= 15 is 0 Å². The maximum absolute atomic E-state index is 11.7. The molecule has 1 unspecified atom stereocenters. The van der Waals surface area contributed by atoms with Crippen LogP contribution in [0.1, 0.15) is 67.1 Å². The fraction of sp³-hybridized carbons (Fsp3) is 0.365. The second-order valence-electron chi connectivity index (χ2n) is 26.8. The van der Waals surface area contributed by atoms with E-state index in [2.05, 4.69) is 131 Å². The van der Waals surface area contributed by atoms with Gasteiger partial charge in [0.25, 0.3) is 0 Å². The number of aromatic nitrogens is 16. The van der Waals surface area contributed by atoms with Crippen LogP contribution in [0.15, 0.2) is 125 Å². The molecule has 4 fully saturated rings. The van der Waals surface area contributed by atoms with Gasteiger partial charge in [-0.15, -0.1) is 12.6 Å². The summed E-state index contributed by atoms with van der Waals surface area (Å²) < 4.78 is 64.0. The molecule has 0 amide bonds. The molecule has 4 aliphatic rings. The third-order valence-corrected chi connectivity index (χ3v) is 21.7. The Kier molecular flexibility index (Phi) is 31.7. The smallest absolute Gasteiger partial charge is 0.305 e. The average molecular weight is 2080 g/mol. The van der Waals surface area contributed by atoms with E-state index < -0.39 is 153 Å². The number of aromatic amines is 1. The zero-order chi connectivity index (χ0) is 88.9. The van der Waals surface area contributed by atoms with Gasteiger partial charge in [0.2, 0.25) is 12.4 Å². The van der Waals surface area contributed by atoms with Crippen LogP contribution in [0.5, 0.6) is 0 Å². The standard InChI is InChI=1S/C20H19N5O4S.C16H18IN5O7.C13H18O9.C10H12IN5O4.C10H8S.C5H4IN5/c21-17-14-18(23-9-22-17)25(20-16(28)15(27)13(8-26)29-20)24-19(14)30-12-6-5-10-3-1-2-4-11(10)7-12;1-6(23)26-4-9-11(27-7(2)24)12(28-8(3)25)16(29-9)22-15-10(13(17)21-22)14(18)19-5-20-15;1-6(14)18-5-10-11(19-7(2)15)12(20-8(3)16)13(22-10)21-9(4)17;11-7-4-8(12)13-2-14-9(4)16(15-7)10-6(19)5(18)3(1-17)20-10;11-10-6-5-8-3-1-2-4-9(8)7-10;6-3-2-4(7)8-1-9-5(2)11-10-3/h1-7,9,13,15-16,20,26-28H,8H2,(H2,21,22,23);5,9,11-12,16H,4H2,1-3H3,(H2,18,19,20);10-13H,5H2,1-4H3;2-3,5-6,10,17-19H,1H2,(H2,12,13,14);1-7,11H;1H,(H3,7,8,9,10,11)/t13-,15+,16+,20+;9-,11+,12+,16+;10-,11+,12+,13?;3-,5+,6+,10+;;/m0000../s1. The number of thiol groups is 1. The van der Waals surface area contributed by atoms with Crippen molar-refractivity contribution in [3.8, 4) is 0 Å². The van der Waals surface area contributed by atoms with E-state index in [1.807, 2.05) is 99.8 Å². The quantitative estimate of drug-likeness (QED) is 0.0284. The molecule has 4 aromatic carbocycles. The largest absolute Gasteiger partial charge is 0.463 e. The number of rotatable bonds is 16. The molecule has 652 valence electrons. The number of hydrogen-bond donors (Lipinski definition) is 12. The summed E-state index contributed by atoms with van der Waals surface area (Å²) in [6.45, 7) is 7.02. The molecule has 4 saturated heterocycles. The van der Waals surface area contributed by atoms with Crippen molar-refractivity contribution < 1.29 is 116 Å². The number of esters is 7. The highest BCUT2D eigenvalue weighted by molar-refractivity contribution is 14.1. The second kappa shape index (κ2) is 41.8. The highest BCUT2D eigenvalue weighted by atomic mass is 127. The van der Waals surface area contributed by atoms with Gasteiger partial charge in [-0.1, -0.05) is 72.4 Å². The monoisotopic (exact) mass is 2080 g/mol. The zero-order valence-electron chi connectivity index (χ0n) is 65.5. The van der Waals surface area contributed by atoms with Crippen LogP contribution in [0, 0.1) is 11.1 Å². The van der Waals surface area contributed by atoms with Crippen molar-refractivity contribution in [2.75, 3.05) is 49.4 Å². The minimum absolute atomic E-state index is 0.213. The number of nitrogens with one attached hydrogen (secondary N) is 1. The first-order valence-corrected chi connectivity index (χ1v) is 41.0. The maximum atomic E-state index is 11.7. The van der Waals surface area contributed by atoms with Crippen molar-refractivity contribution in [3.05, 3.63) is 121 Å². The predicted molar refractivity (Wildman–Crippen MR) is 459 cm³/mol. The Bertz CT molecular complexity index is 5840. The minimum atomic E-state index is -1.28. The van der Waals surface area contributed by atoms with Crippen molar-refractivity contribution in [3.63, 3.8) is 0 Å². The van der Waals surface area contributed by atoms with Crippen LogP contribution in [0.2, 0.25) is 0 Å². The van der Waals surface area contributed by atoms with Gasteiger partial charge in [-0.3, -0.25) is 38.7 Å². The van der Waals surface area contributed by atoms with Gasteiger partial charge in [-0.2, -0.15) is 20.4 Å². The maximum Gasteiger partial charge on any atom is 0.305 e. The molecular formula is C74H79I3N20O24S2. The Labute approximate surface area is 745 Å². The molecule has 0 spiro atoms. The number of anilines is 4. The predicted octanol–water partition coefficient (Wildman–Crippen LogP) is 3.66. The normalized spacial score (nSPS) is 23.1. The number of aliphatic hydroxyl groups is 6. The lowest BCUT2D eigenvalue weighted by molar-refractivity contribution is -0.197. The summed E-state index contributed by atoms with van der Waals surface area (Å²) >= 11 is 11.7. The number of fused-ring (bicyclic) bond motifs is 6. The fourth-order valence-corrected chi connectivity index (χ4v) is 16.1. The van der Waals surface area contributed by atoms with Crippen LogP contribution in [0.4, 0.5) is 23.3 Å². The summed E-state index contributed by atoms with van der Waals surface area (Å²) in [5.41, 5.74) is 25.1. The number of carbonyl (C=O) groups excluding carboxylic acids is 7. The summed E-state index contributed by atoms with van der Waals surface area (Å²) in [4.78, 5) is 113. The number of benzene rings is 4. The van der Waals surface area contributed by atoms with Crippen LogP contribution in [-0.2, 0) is 85.7 Å². The van der Waals surface area contributed by atoms with Crippen molar-refractivity contribution in [1.82, 2.24) is 79.4 Å². The van der Waals surface area contributed by atoms with E-state index in [1.54, 1.807) is 0 Å². The van der Waals surface area contributed by atoms with Crippen molar-refractivity contribution in [2.45, 2.75) is 162 Å². The molecule has 49 heteroatoms. The molecule has 0 saturated carbocycles. The van der Waals surface area contributed by atoms with Gasteiger partial charge < -0.3 is 106 Å². The molecule has 0 radical (unpaired) electrons. The van der Waals surface area contributed by atoms with E-state index in [0.717, 1.165) is 50.4 Å². The Hall–Kier alpha value is -10.4. The molecule has 15 N–H and O–H groups in total. The Morgan fingerprint density at radius 2 is 0.846 bits per heavy atom. The summed E-state index contributed by atoms with van der Waals surface area (Å²) in [5, 5.41) is 86.4. The molecular weight excluding hydrogens is 2000 g/mol. The van der Waals surface area contributed by atoms with Crippen LogP contribution in [-0.4, -0.2) is 258 Å². The van der Waals surface area contributed by atoms with Crippen molar-refractivity contribution in [2.24, 2.45) is 0 Å². The van der Waals surface area contributed by atoms with Crippen LogP contribution < -0.4 is 22.9 Å². The number of halogens is 3. The number of nitrogen functional groups attached to an aromatic ring is 4. The number of nitrogens with two attached hydrogens (primary N) is 4. The molecule has 12 aromatic rings. The van der Waals surface area contributed by atoms with E-state index in [4.69, 9.17) is 80.1 Å². The SMILES string of the molecule is CC(=O)OC[C@@H]1OC(OC(C)=O)[C@H](OC(C)=O)[C@@H]1OC(C)=O.CC(=O)OC[C@@H]1O[C@@H](n2nc(I)c3c(N)ncnc32)[C@H](OC(C)=O)[C@@H]1OC(C)=O.Nc1ncnc2c1c(I)nn2[C@@H]1O[C@@H](CO)[C@@H](O)[C@H]1O.Nc1ncnc2c1c(Sc1ccc3ccccc3c1)nn2[C@@H]1O[C@@H](CO)[C@@H](O)[C@H]1O.Nc1ncnc2n[nH]c(I)c12.Sc1ccc2ccccc2c1. The highest BCUT2D eigenvalue weighted by Gasteiger charge is 2.54. The Morgan fingerprint density at radius 3 is 1.32 bits per heavy atom. The number of ether oxygens (including phenoxy) is 11. The first-order valence-electron chi connectivity index (χ1n) is 36.5.